The minimum Gasteiger partial charge on any atom is -0.475 e. The van der Waals surface area contributed by atoms with Gasteiger partial charge in [-0.05, 0) is 31.2 Å². The second kappa shape index (κ2) is 6.09. The molecule has 0 fully saturated rings. The highest BCUT2D eigenvalue weighted by atomic mass is 19.1. The van der Waals surface area contributed by atoms with Crippen LogP contribution in [0.15, 0.2) is 18.2 Å². The summed E-state index contributed by atoms with van der Waals surface area (Å²) in [6.07, 6.45) is 0.0539. The van der Waals surface area contributed by atoms with Crippen LogP contribution in [0, 0.1) is 17.1 Å². The monoisotopic (exact) mass is 222 g/mol. The van der Waals surface area contributed by atoms with Gasteiger partial charge in [0.2, 0.25) is 0 Å². The fraction of sp³-hybridized carbons (Fsp3) is 0.417. The van der Waals surface area contributed by atoms with Crippen LogP contribution in [-0.2, 0) is 6.54 Å². The molecule has 0 spiro atoms. The molecule has 0 aromatic heterocycles. The molecule has 1 N–H and O–H groups in total. The van der Waals surface area contributed by atoms with E-state index in [1.807, 2.05) is 13.0 Å². The first-order chi connectivity index (χ1) is 7.69. The summed E-state index contributed by atoms with van der Waals surface area (Å²) >= 11 is 0. The van der Waals surface area contributed by atoms with Crippen LogP contribution >= 0.6 is 0 Å². The van der Waals surface area contributed by atoms with Gasteiger partial charge in [-0.2, -0.15) is 5.26 Å². The summed E-state index contributed by atoms with van der Waals surface area (Å²) in [6, 6.07) is 6.48. The SMILES string of the molecule is CCC(C#N)Oc1cc(F)cc(CNC)c1. The third-order valence-corrected chi connectivity index (χ3v) is 2.11. The largest absolute Gasteiger partial charge is 0.475 e. The molecule has 3 nitrogen and oxygen atoms in total. The Balaban J connectivity index is 2.84. The molecule has 1 aromatic rings. The third-order valence-electron chi connectivity index (χ3n) is 2.11. The van der Waals surface area contributed by atoms with Gasteiger partial charge in [0.1, 0.15) is 17.6 Å². The molecule has 0 saturated heterocycles. The number of hydrogen-bond acceptors (Lipinski definition) is 3. The molecule has 0 saturated carbocycles. The summed E-state index contributed by atoms with van der Waals surface area (Å²) in [5.41, 5.74) is 0.797. The van der Waals surface area contributed by atoms with Crippen LogP contribution in [-0.4, -0.2) is 13.2 Å². The zero-order valence-electron chi connectivity index (χ0n) is 9.46. The fourth-order valence-electron chi connectivity index (χ4n) is 1.36. The number of rotatable bonds is 5. The van der Waals surface area contributed by atoms with Crippen molar-refractivity contribution in [2.24, 2.45) is 0 Å². The maximum atomic E-state index is 13.2. The molecule has 1 atom stereocenters. The van der Waals surface area contributed by atoms with E-state index < -0.39 is 6.10 Å². The average Bonchev–Trinajstić information content (AvgIpc) is 2.25. The van der Waals surface area contributed by atoms with E-state index >= 15 is 0 Å². The molecular formula is C12H15FN2O. The lowest BCUT2D eigenvalue weighted by Crippen LogP contribution is -2.13. The van der Waals surface area contributed by atoms with E-state index in [2.05, 4.69) is 5.32 Å². The lowest BCUT2D eigenvalue weighted by Gasteiger charge is -2.11. The maximum absolute atomic E-state index is 13.2. The van der Waals surface area contributed by atoms with Crippen LogP contribution in [0.25, 0.3) is 0 Å². The Kier molecular flexibility index (Phi) is 4.74. The summed E-state index contributed by atoms with van der Waals surface area (Å²) in [4.78, 5) is 0. The van der Waals surface area contributed by atoms with Gasteiger partial charge >= 0.3 is 0 Å². The van der Waals surface area contributed by atoms with Gasteiger partial charge in [0, 0.05) is 12.6 Å². The molecule has 0 radical (unpaired) electrons. The van der Waals surface area contributed by atoms with Crippen molar-refractivity contribution >= 4 is 0 Å². The third kappa shape index (κ3) is 3.52. The molecule has 86 valence electrons. The summed E-state index contributed by atoms with van der Waals surface area (Å²) in [5.74, 6) is 0.0502. The van der Waals surface area contributed by atoms with E-state index in [4.69, 9.17) is 10.00 Å². The first kappa shape index (κ1) is 12.5. The van der Waals surface area contributed by atoms with Gasteiger partial charge in [0.05, 0.1) is 0 Å². The van der Waals surface area contributed by atoms with E-state index in [9.17, 15) is 4.39 Å². The minimum absolute atomic E-state index is 0.351. The Morgan fingerprint density at radius 3 is 2.81 bits per heavy atom. The number of hydrogen-bond donors (Lipinski definition) is 1. The number of nitriles is 1. The van der Waals surface area contributed by atoms with Crippen LogP contribution in [0.5, 0.6) is 5.75 Å². The van der Waals surface area contributed by atoms with Crippen LogP contribution in [0.1, 0.15) is 18.9 Å². The number of nitrogens with one attached hydrogen (secondary N) is 1. The lowest BCUT2D eigenvalue weighted by molar-refractivity contribution is 0.250. The Labute approximate surface area is 94.8 Å². The highest BCUT2D eigenvalue weighted by Gasteiger charge is 2.08. The summed E-state index contributed by atoms with van der Waals surface area (Å²) in [5, 5.41) is 11.7. The molecule has 1 rings (SSSR count). The van der Waals surface area contributed by atoms with Crippen molar-refractivity contribution in [2.45, 2.75) is 26.0 Å². The van der Waals surface area contributed by atoms with Crippen molar-refractivity contribution in [3.05, 3.63) is 29.6 Å². The zero-order chi connectivity index (χ0) is 12.0. The van der Waals surface area contributed by atoms with E-state index in [0.717, 1.165) is 5.56 Å². The van der Waals surface area contributed by atoms with E-state index in [-0.39, 0.29) is 5.82 Å². The van der Waals surface area contributed by atoms with Crippen molar-refractivity contribution in [3.63, 3.8) is 0 Å². The van der Waals surface area contributed by atoms with E-state index in [0.29, 0.717) is 18.7 Å². The van der Waals surface area contributed by atoms with Gasteiger partial charge in [-0.25, -0.2) is 4.39 Å². The normalized spacial score (nSPS) is 11.9. The Morgan fingerprint density at radius 2 is 2.25 bits per heavy atom. The van der Waals surface area contributed by atoms with Crippen LogP contribution in [0.4, 0.5) is 4.39 Å². The average molecular weight is 222 g/mol. The Hall–Kier alpha value is -1.60. The lowest BCUT2D eigenvalue weighted by atomic mass is 10.2. The van der Waals surface area contributed by atoms with E-state index in [1.54, 1.807) is 13.1 Å². The van der Waals surface area contributed by atoms with Crippen molar-refractivity contribution < 1.29 is 9.13 Å². The highest BCUT2D eigenvalue weighted by Crippen LogP contribution is 2.18. The van der Waals surface area contributed by atoms with Crippen LogP contribution < -0.4 is 10.1 Å². The van der Waals surface area contributed by atoms with Gasteiger partial charge in [0.15, 0.2) is 6.10 Å². The van der Waals surface area contributed by atoms with Crippen molar-refractivity contribution in [1.82, 2.24) is 5.32 Å². The maximum Gasteiger partial charge on any atom is 0.184 e. The molecule has 16 heavy (non-hydrogen) atoms. The Morgan fingerprint density at radius 1 is 1.50 bits per heavy atom. The molecular weight excluding hydrogens is 207 g/mol. The van der Waals surface area contributed by atoms with Gasteiger partial charge < -0.3 is 10.1 Å². The molecule has 0 bridgehead atoms. The number of ether oxygens (including phenoxy) is 1. The van der Waals surface area contributed by atoms with Crippen LogP contribution in [0.3, 0.4) is 0 Å². The smallest absolute Gasteiger partial charge is 0.184 e. The zero-order valence-corrected chi connectivity index (χ0v) is 9.46. The second-order valence-corrected chi connectivity index (χ2v) is 3.47. The van der Waals surface area contributed by atoms with Crippen molar-refractivity contribution in [1.29, 1.82) is 5.26 Å². The van der Waals surface area contributed by atoms with Crippen molar-refractivity contribution in [3.8, 4) is 11.8 Å². The van der Waals surface area contributed by atoms with Gasteiger partial charge in [-0.3, -0.25) is 0 Å². The standard InChI is InChI=1S/C12H15FN2O/c1-3-11(7-14)16-12-5-9(8-15-2)4-10(13)6-12/h4-6,11,15H,3,8H2,1-2H3. The molecule has 0 aliphatic carbocycles. The predicted octanol–water partition coefficient (Wildman–Crippen LogP) is 2.23. The predicted molar refractivity (Wildman–Crippen MR) is 59.5 cm³/mol. The summed E-state index contributed by atoms with van der Waals surface area (Å²) in [7, 11) is 1.79. The molecule has 0 aliphatic rings. The van der Waals surface area contributed by atoms with E-state index in [1.165, 1.54) is 12.1 Å². The van der Waals surface area contributed by atoms with Crippen LogP contribution in [0.2, 0.25) is 0 Å². The number of benzene rings is 1. The highest BCUT2D eigenvalue weighted by molar-refractivity contribution is 5.30. The molecule has 0 aliphatic heterocycles. The fourth-order valence-corrected chi connectivity index (χ4v) is 1.36. The Bertz CT molecular complexity index is 387. The molecule has 0 amide bonds. The topological polar surface area (TPSA) is 45.0 Å². The van der Waals surface area contributed by atoms with Gasteiger partial charge in [-0.15, -0.1) is 0 Å². The molecule has 4 heteroatoms. The molecule has 1 aromatic carbocycles. The minimum atomic E-state index is -0.524. The summed E-state index contributed by atoms with van der Waals surface area (Å²) < 4.78 is 18.6. The van der Waals surface area contributed by atoms with Crippen molar-refractivity contribution in [2.75, 3.05) is 7.05 Å². The van der Waals surface area contributed by atoms with Gasteiger partial charge in [0.25, 0.3) is 0 Å². The molecule has 0 heterocycles. The number of halogens is 1. The number of nitrogens with zero attached hydrogens (tertiary/aromatic N) is 1. The summed E-state index contributed by atoms with van der Waals surface area (Å²) in [6.45, 7) is 2.42. The first-order valence-corrected chi connectivity index (χ1v) is 5.20. The van der Waals surface area contributed by atoms with Gasteiger partial charge in [-0.1, -0.05) is 6.92 Å². The molecule has 1 unspecified atom stereocenters. The second-order valence-electron chi connectivity index (χ2n) is 3.47. The quantitative estimate of drug-likeness (QED) is 0.830. The first-order valence-electron chi connectivity index (χ1n) is 5.20.